The fourth-order valence-corrected chi connectivity index (χ4v) is 5.62. The number of aromatic nitrogens is 3. The molecule has 5 nitrogen and oxygen atoms in total. The van der Waals surface area contributed by atoms with Crippen molar-refractivity contribution < 1.29 is 4.74 Å². The average Bonchev–Trinajstić information content (AvgIpc) is 3.49. The summed E-state index contributed by atoms with van der Waals surface area (Å²) in [5.41, 5.74) is 4.13. The van der Waals surface area contributed by atoms with Crippen molar-refractivity contribution in [1.82, 2.24) is 14.8 Å². The van der Waals surface area contributed by atoms with Gasteiger partial charge in [0.2, 0.25) is 5.95 Å². The second-order valence-electron chi connectivity index (χ2n) is 7.31. The lowest BCUT2D eigenvalue weighted by Gasteiger charge is -2.38. The standard InChI is InChI=1S/C23H17ClN4OS2/c1-30-15-7-4-13(5-8-15)22-19-20(16-11-14(24)6-9-17(16)29-22)27-23-25-12-26-28(23)21(19)18-3-2-10-31-18/h2-12,21-22H,1H3,(H,25,26,27)/t21-,22+/m1/s1. The van der Waals surface area contributed by atoms with Gasteiger partial charge in [0.1, 0.15) is 24.2 Å². The zero-order valence-corrected chi connectivity index (χ0v) is 18.8. The third-order valence-electron chi connectivity index (χ3n) is 5.61. The van der Waals surface area contributed by atoms with Gasteiger partial charge in [-0.1, -0.05) is 29.8 Å². The Kier molecular flexibility index (Phi) is 4.56. The molecular weight excluding hydrogens is 448 g/mol. The van der Waals surface area contributed by atoms with E-state index in [1.165, 1.54) is 9.77 Å². The van der Waals surface area contributed by atoms with Crippen molar-refractivity contribution in [2.75, 3.05) is 11.6 Å². The van der Waals surface area contributed by atoms with Gasteiger partial charge in [0.15, 0.2) is 0 Å². The molecule has 0 aliphatic carbocycles. The van der Waals surface area contributed by atoms with E-state index in [1.54, 1.807) is 29.4 Å². The molecule has 8 heteroatoms. The van der Waals surface area contributed by atoms with Crippen molar-refractivity contribution in [2.24, 2.45) is 0 Å². The number of benzene rings is 2. The highest BCUT2D eigenvalue weighted by Crippen LogP contribution is 2.51. The third-order valence-corrected chi connectivity index (χ3v) is 7.51. The molecule has 4 heterocycles. The van der Waals surface area contributed by atoms with Crippen LogP contribution in [-0.2, 0) is 0 Å². The molecular formula is C23H17ClN4OS2. The first-order valence-corrected chi connectivity index (χ1v) is 12.3. The number of thiophene rings is 1. The van der Waals surface area contributed by atoms with E-state index in [0.29, 0.717) is 11.0 Å². The summed E-state index contributed by atoms with van der Waals surface area (Å²) in [6.07, 6.45) is 3.40. The van der Waals surface area contributed by atoms with Crippen LogP contribution in [0.2, 0.25) is 5.02 Å². The molecule has 1 N–H and O–H groups in total. The van der Waals surface area contributed by atoms with Gasteiger partial charge in [-0.25, -0.2) is 4.68 Å². The summed E-state index contributed by atoms with van der Waals surface area (Å²) >= 11 is 9.80. The summed E-state index contributed by atoms with van der Waals surface area (Å²) in [5.74, 6) is 1.51. The summed E-state index contributed by atoms with van der Waals surface area (Å²) in [6.45, 7) is 0. The van der Waals surface area contributed by atoms with Crippen molar-refractivity contribution >= 4 is 46.3 Å². The van der Waals surface area contributed by atoms with Gasteiger partial charge in [0.05, 0.1) is 5.70 Å². The Bertz CT molecular complexity index is 1300. The minimum Gasteiger partial charge on any atom is -0.480 e. The van der Waals surface area contributed by atoms with Gasteiger partial charge in [0, 0.05) is 25.9 Å². The maximum absolute atomic E-state index is 6.62. The van der Waals surface area contributed by atoms with Crippen LogP contribution in [0.4, 0.5) is 5.95 Å². The fourth-order valence-electron chi connectivity index (χ4n) is 4.22. The van der Waals surface area contributed by atoms with E-state index in [0.717, 1.165) is 28.1 Å². The molecule has 0 saturated carbocycles. The van der Waals surface area contributed by atoms with Gasteiger partial charge in [0.25, 0.3) is 0 Å². The first kappa shape index (κ1) is 19.0. The first-order chi connectivity index (χ1) is 15.2. The summed E-state index contributed by atoms with van der Waals surface area (Å²) in [5, 5.41) is 10.8. The molecule has 0 fully saturated rings. The van der Waals surface area contributed by atoms with Gasteiger partial charge >= 0.3 is 0 Å². The molecule has 2 aromatic carbocycles. The zero-order chi connectivity index (χ0) is 20.9. The minimum absolute atomic E-state index is 0.119. The molecule has 2 aliphatic rings. The number of hydrogen-bond donors (Lipinski definition) is 1. The molecule has 2 aromatic heterocycles. The SMILES string of the molecule is CSc1ccc([C@@H]2Oc3ccc(Cl)cc3C3=C2[C@@H](c2cccs2)n2ncnc2N3)cc1. The van der Waals surface area contributed by atoms with Crippen molar-refractivity contribution in [3.8, 4) is 5.75 Å². The molecule has 0 spiro atoms. The maximum atomic E-state index is 6.62. The average molecular weight is 465 g/mol. The highest BCUT2D eigenvalue weighted by Gasteiger charge is 2.41. The molecule has 4 aromatic rings. The largest absolute Gasteiger partial charge is 0.480 e. The number of hydrogen-bond acceptors (Lipinski definition) is 6. The molecule has 0 radical (unpaired) electrons. The van der Waals surface area contributed by atoms with Crippen LogP contribution in [0.1, 0.15) is 28.1 Å². The maximum Gasteiger partial charge on any atom is 0.226 e. The van der Waals surface area contributed by atoms with Crippen molar-refractivity contribution in [3.05, 3.63) is 92.9 Å². The topological polar surface area (TPSA) is 52.0 Å². The Labute approximate surface area is 192 Å². The van der Waals surface area contributed by atoms with E-state index in [4.69, 9.17) is 16.3 Å². The van der Waals surface area contributed by atoms with E-state index < -0.39 is 0 Å². The number of ether oxygens (including phenoxy) is 1. The monoisotopic (exact) mass is 464 g/mol. The Hall–Kier alpha value is -2.74. The van der Waals surface area contributed by atoms with Crippen molar-refractivity contribution in [2.45, 2.75) is 17.0 Å². The Morgan fingerprint density at radius 2 is 2.03 bits per heavy atom. The highest BCUT2D eigenvalue weighted by molar-refractivity contribution is 7.98. The third kappa shape index (κ3) is 3.07. The molecule has 31 heavy (non-hydrogen) atoms. The summed E-state index contributed by atoms with van der Waals surface area (Å²) in [4.78, 5) is 6.86. The Morgan fingerprint density at radius 3 is 2.81 bits per heavy atom. The minimum atomic E-state index is -0.267. The number of thioether (sulfide) groups is 1. The normalized spacial score (nSPS) is 19.2. The number of nitrogens with zero attached hydrogens (tertiary/aromatic N) is 3. The molecule has 0 amide bonds. The molecule has 0 unspecified atom stereocenters. The van der Waals surface area contributed by atoms with E-state index in [1.807, 2.05) is 22.9 Å². The van der Waals surface area contributed by atoms with E-state index in [-0.39, 0.29) is 12.1 Å². The van der Waals surface area contributed by atoms with Crippen LogP contribution in [0.5, 0.6) is 5.75 Å². The van der Waals surface area contributed by atoms with Crippen LogP contribution in [0.25, 0.3) is 5.70 Å². The van der Waals surface area contributed by atoms with Gasteiger partial charge in [-0.2, -0.15) is 10.1 Å². The van der Waals surface area contributed by atoms with Gasteiger partial charge < -0.3 is 10.1 Å². The molecule has 6 rings (SSSR count). The van der Waals surface area contributed by atoms with Gasteiger partial charge in [-0.3, -0.25) is 0 Å². The number of anilines is 1. The quantitative estimate of drug-likeness (QED) is 0.362. The number of rotatable bonds is 3. The number of nitrogens with one attached hydrogen (secondary N) is 1. The van der Waals surface area contributed by atoms with Crippen LogP contribution < -0.4 is 10.1 Å². The van der Waals surface area contributed by atoms with Crippen LogP contribution in [0.3, 0.4) is 0 Å². The summed E-state index contributed by atoms with van der Waals surface area (Å²) in [7, 11) is 0. The smallest absolute Gasteiger partial charge is 0.226 e. The first-order valence-electron chi connectivity index (χ1n) is 9.77. The van der Waals surface area contributed by atoms with Gasteiger partial charge in [-0.05, 0) is 53.6 Å². The zero-order valence-electron chi connectivity index (χ0n) is 16.4. The predicted octanol–water partition coefficient (Wildman–Crippen LogP) is 6.27. The molecule has 2 aliphatic heterocycles. The Balaban J connectivity index is 1.61. The van der Waals surface area contributed by atoms with Crippen LogP contribution >= 0.6 is 34.7 Å². The lowest BCUT2D eigenvalue weighted by Crippen LogP contribution is -2.32. The Morgan fingerprint density at radius 1 is 1.16 bits per heavy atom. The summed E-state index contributed by atoms with van der Waals surface area (Å²) < 4.78 is 8.55. The van der Waals surface area contributed by atoms with E-state index in [9.17, 15) is 0 Å². The van der Waals surface area contributed by atoms with Crippen molar-refractivity contribution in [3.63, 3.8) is 0 Å². The molecule has 0 saturated heterocycles. The van der Waals surface area contributed by atoms with E-state index >= 15 is 0 Å². The molecule has 154 valence electrons. The van der Waals surface area contributed by atoms with E-state index in [2.05, 4.69) is 63.4 Å². The molecule has 2 atom stereocenters. The highest BCUT2D eigenvalue weighted by atomic mass is 35.5. The van der Waals surface area contributed by atoms with Crippen LogP contribution in [-0.4, -0.2) is 21.0 Å². The lowest BCUT2D eigenvalue weighted by molar-refractivity contribution is 0.223. The molecule has 0 bridgehead atoms. The summed E-state index contributed by atoms with van der Waals surface area (Å²) in [6, 6.07) is 18.4. The van der Waals surface area contributed by atoms with Crippen LogP contribution in [0.15, 0.2) is 76.8 Å². The second kappa shape index (κ2) is 7.44. The van der Waals surface area contributed by atoms with Crippen molar-refractivity contribution in [1.29, 1.82) is 0 Å². The number of fused-ring (bicyclic) bond motifs is 3. The fraction of sp³-hybridized carbons (Fsp3) is 0.130. The number of halogens is 1. The second-order valence-corrected chi connectivity index (χ2v) is 9.61. The lowest BCUT2D eigenvalue weighted by atomic mass is 9.87. The van der Waals surface area contributed by atoms with Crippen LogP contribution in [0, 0.1) is 0 Å². The predicted molar refractivity (Wildman–Crippen MR) is 126 cm³/mol. The van der Waals surface area contributed by atoms with Gasteiger partial charge in [-0.15, -0.1) is 23.1 Å².